The zero-order valence-corrected chi connectivity index (χ0v) is 15.6. The van der Waals surface area contributed by atoms with E-state index >= 15 is 0 Å². The Kier molecular flexibility index (Phi) is 4.98. The summed E-state index contributed by atoms with van der Waals surface area (Å²) < 4.78 is 23.6. The van der Waals surface area contributed by atoms with E-state index in [1.165, 1.54) is 0 Å². The Morgan fingerprint density at radius 3 is 2.64 bits per heavy atom. The van der Waals surface area contributed by atoms with E-state index in [0.717, 1.165) is 32.1 Å². The molecule has 3 atom stereocenters. The Hall–Kier alpha value is -1.35. The minimum atomic E-state index is -3.07. The van der Waals surface area contributed by atoms with E-state index in [-0.39, 0.29) is 29.5 Å². The van der Waals surface area contributed by atoms with E-state index in [4.69, 9.17) is 5.73 Å². The van der Waals surface area contributed by atoms with Gasteiger partial charge < -0.3 is 16.0 Å². The first-order valence-electron chi connectivity index (χ1n) is 9.04. The molecule has 3 amide bonds. The Labute approximate surface area is 149 Å². The topological polar surface area (TPSA) is 113 Å². The highest BCUT2D eigenvalue weighted by Gasteiger charge is 2.52. The first-order chi connectivity index (χ1) is 11.8. The summed E-state index contributed by atoms with van der Waals surface area (Å²) in [6.07, 6.45) is 5.04. The van der Waals surface area contributed by atoms with E-state index in [0.29, 0.717) is 25.6 Å². The Morgan fingerprint density at radius 2 is 2.04 bits per heavy atom. The zero-order chi connectivity index (χ0) is 18.2. The number of hydrogen-bond donors (Lipinski definition) is 2. The predicted molar refractivity (Wildman–Crippen MR) is 93.7 cm³/mol. The van der Waals surface area contributed by atoms with E-state index < -0.39 is 15.4 Å². The van der Waals surface area contributed by atoms with Gasteiger partial charge in [0.1, 0.15) is 5.54 Å². The van der Waals surface area contributed by atoms with Gasteiger partial charge in [-0.3, -0.25) is 9.69 Å². The fourth-order valence-electron chi connectivity index (χ4n) is 4.87. The average molecular weight is 372 g/mol. The number of primary amides is 1. The number of piperidine rings is 1. The van der Waals surface area contributed by atoms with Gasteiger partial charge in [0.15, 0.2) is 9.84 Å². The number of nitrogens with one attached hydrogen (secondary N) is 1. The van der Waals surface area contributed by atoms with E-state index in [9.17, 15) is 18.0 Å². The summed E-state index contributed by atoms with van der Waals surface area (Å²) in [7, 11) is -1.52. The van der Waals surface area contributed by atoms with Crippen LogP contribution in [0.15, 0.2) is 0 Å². The first-order valence-corrected chi connectivity index (χ1v) is 10.9. The summed E-state index contributed by atoms with van der Waals surface area (Å²) in [5.41, 5.74) is 5.14. The van der Waals surface area contributed by atoms with Crippen LogP contribution in [0.25, 0.3) is 0 Å². The molecule has 3 fully saturated rings. The third-order valence-corrected chi connectivity index (χ3v) is 7.92. The molecule has 3 heterocycles. The van der Waals surface area contributed by atoms with Crippen LogP contribution in [0.5, 0.6) is 0 Å². The number of fused-ring (bicyclic) bond motifs is 2. The number of sulfone groups is 1. The molecule has 0 aromatic heterocycles. The van der Waals surface area contributed by atoms with Crippen molar-refractivity contribution in [3.05, 3.63) is 0 Å². The van der Waals surface area contributed by atoms with Crippen LogP contribution in [0.3, 0.4) is 0 Å². The van der Waals surface area contributed by atoms with Crippen LogP contribution < -0.4 is 11.1 Å². The number of hydrogen-bond acceptors (Lipinski definition) is 5. The number of urea groups is 1. The molecule has 9 heteroatoms. The largest absolute Gasteiger partial charge is 0.368 e. The van der Waals surface area contributed by atoms with Crippen molar-refractivity contribution in [1.29, 1.82) is 0 Å². The second-order valence-electron chi connectivity index (χ2n) is 7.48. The number of carbonyl (C=O) groups is 2. The molecule has 3 N–H and O–H groups in total. The van der Waals surface area contributed by atoms with Crippen LogP contribution >= 0.6 is 0 Å². The van der Waals surface area contributed by atoms with Crippen molar-refractivity contribution in [2.24, 2.45) is 5.73 Å². The molecular formula is C16H28N4O4S. The van der Waals surface area contributed by atoms with Gasteiger partial charge in [0.25, 0.3) is 0 Å². The van der Waals surface area contributed by atoms with Crippen molar-refractivity contribution in [2.75, 3.05) is 31.6 Å². The normalized spacial score (nSPS) is 34.0. The molecule has 2 bridgehead atoms. The fraction of sp³-hybridized carbons (Fsp3) is 0.875. The lowest BCUT2D eigenvalue weighted by molar-refractivity contribution is -0.131. The van der Waals surface area contributed by atoms with Crippen LogP contribution in [0.4, 0.5) is 4.79 Å². The molecule has 0 radical (unpaired) electrons. The van der Waals surface area contributed by atoms with Crippen LogP contribution in [-0.4, -0.2) is 79.4 Å². The van der Waals surface area contributed by atoms with E-state index in [1.807, 2.05) is 0 Å². The van der Waals surface area contributed by atoms with Gasteiger partial charge in [-0.25, -0.2) is 13.2 Å². The summed E-state index contributed by atoms with van der Waals surface area (Å²) in [4.78, 5) is 28.2. The average Bonchev–Trinajstić information content (AvgIpc) is 3.01. The second-order valence-corrected chi connectivity index (χ2v) is 9.71. The van der Waals surface area contributed by atoms with Gasteiger partial charge in [-0.1, -0.05) is 0 Å². The smallest absolute Gasteiger partial charge is 0.317 e. The third kappa shape index (κ3) is 3.36. The molecular weight excluding hydrogens is 344 g/mol. The van der Waals surface area contributed by atoms with Gasteiger partial charge in [-0.15, -0.1) is 0 Å². The molecule has 142 valence electrons. The molecule has 0 unspecified atom stereocenters. The van der Waals surface area contributed by atoms with Crippen LogP contribution in [0, 0.1) is 0 Å². The molecule has 0 aromatic rings. The van der Waals surface area contributed by atoms with Crippen molar-refractivity contribution in [3.63, 3.8) is 0 Å². The summed E-state index contributed by atoms with van der Waals surface area (Å²) in [6.45, 7) is 0.961. The molecule has 25 heavy (non-hydrogen) atoms. The third-order valence-electron chi connectivity index (χ3n) is 6.17. The lowest BCUT2D eigenvalue weighted by Gasteiger charge is -2.43. The molecule has 0 saturated carbocycles. The molecule has 3 aliphatic heterocycles. The first kappa shape index (κ1) is 18.4. The molecule has 0 aliphatic carbocycles. The van der Waals surface area contributed by atoms with Crippen molar-refractivity contribution in [1.82, 2.24) is 15.1 Å². The van der Waals surface area contributed by atoms with Crippen LogP contribution in [0.1, 0.15) is 38.5 Å². The predicted octanol–water partition coefficient (Wildman–Crippen LogP) is -0.313. The van der Waals surface area contributed by atoms with Gasteiger partial charge in [-0.05, 0) is 38.5 Å². The number of amides is 3. The molecule has 3 saturated heterocycles. The highest BCUT2D eigenvalue weighted by atomic mass is 32.2. The molecule has 3 rings (SSSR count). The Bertz CT molecular complexity index is 649. The van der Waals surface area contributed by atoms with Crippen molar-refractivity contribution < 1.29 is 18.0 Å². The minimum Gasteiger partial charge on any atom is -0.368 e. The fourth-order valence-corrected chi connectivity index (χ4v) is 6.60. The van der Waals surface area contributed by atoms with E-state index in [1.54, 1.807) is 11.9 Å². The SMILES string of the molecule is CNC(=O)N(CCN1[C@@H]2CCC[C@@]1(C(N)=O)CC2)[C@@H]1CCS(=O)(=O)C1. The van der Waals surface area contributed by atoms with E-state index in [2.05, 4.69) is 10.2 Å². The van der Waals surface area contributed by atoms with Gasteiger partial charge in [0.2, 0.25) is 5.91 Å². The summed E-state index contributed by atoms with van der Waals surface area (Å²) in [5.74, 6) is -0.127. The van der Waals surface area contributed by atoms with Crippen LogP contribution in [0.2, 0.25) is 0 Å². The summed E-state index contributed by atoms with van der Waals surface area (Å²) in [6, 6.07) is -0.225. The van der Waals surface area contributed by atoms with Gasteiger partial charge in [-0.2, -0.15) is 0 Å². The van der Waals surface area contributed by atoms with Crippen LogP contribution in [-0.2, 0) is 14.6 Å². The monoisotopic (exact) mass is 372 g/mol. The maximum Gasteiger partial charge on any atom is 0.317 e. The zero-order valence-electron chi connectivity index (χ0n) is 14.7. The second kappa shape index (κ2) is 6.75. The lowest BCUT2D eigenvalue weighted by atomic mass is 9.87. The quantitative estimate of drug-likeness (QED) is 0.687. The van der Waals surface area contributed by atoms with Crippen molar-refractivity contribution in [2.45, 2.75) is 56.1 Å². The Balaban J connectivity index is 1.73. The highest BCUT2D eigenvalue weighted by molar-refractivity contribution is 7.91. The summed E-state index contributed by atoms with van der Waals surface area (Å²) >= 11 is 0. The standard InChI is InChI=1S/C16H28N4O4S/c1-18-15(22)19(13-5-10-25(23,24)11-13)8-9-20-12-3-2-6-16(20,7-4-12)14(17)21/h12-13H,2-11H2,1H3,(H2,17,21)(H,18,22)/t12-,13-,16+/m1/s1. The van der Waals surface area contributed by atoms with Crippen molar-refractivity contribution in [3.8, 4) is 0 Å². The number of nitrogens with zero attached hydrogens (tertiary/aromatic N) is 2. The van der Waals surface area contributed by atoms with Gasteiger partial charge in [0.05, 0.1) is 11.5 Å². The minimum absolute atomic E-state index is 0.0187. The lowest BCUT2D eigenvalue weighted by Crippen LogP contribution is -2.60. The maximum absolute atomic E-state index is 12.3. The molecule has 0 aromatic carbocycles. The van der Waals surface area contributed by atoms with Crippen molar-refractivity contribution >= 4 is 21.8 Å². The van der Waals surface area contributed by atoms with Gasteiger partial charge >= 0.3 is 6.03 Å². The Morgan fingerprint density at radius 1 is 1.28 bits per heavy atom. The summed E-state index contributed by atoms with van der Waals surface area (Å²) in [5, 5.41) is 2.61. The van der Waals surface area contributed by atoms with Gasteiger partial charge in [0, 0.05) is 32.2 Å². The molecule has 3 aliphatic rings. The highest BCUT2D eigenvalue weighted by Crippen LogP contribution is 2.43. The molecule has 8 nitrogen and oxygen atoms in total. The molecule has 0 spiro atoms. The maximum atomic E-state index is 12.3. The number of rotatable bonds is 5. The number of carbonyl (C=O) groups excluding carboxylic acids is 2. The number of nitrogens with two attached hydrogens (primary N) is 1.